The molecule has 1 aliphatic heterocycles. The Morgan fingerprint density at radius 2 is 2.07 bits per heavy atom. The molecule has 2 fully saturated rings. The predicted molar refractivity (Wildman–Crippen MR) is 105 cm³/mol. The number of carbonyl (C=O) groups is 3. The number of aliphatic carboxylic acids is 1. The number of amides is 2. The van der Waals surface area contributed by atoms with Crippen molar-refractivity contribution in [1.82, 2.24) is 15.2 Å². The number of nitrogens with one attached hydrogen (secondary N) is 1. The number of rotatable bonds is 5. The molecule has 3 rings (SSSR count). The third kappa shape index (κ3) is 4.36. The molecule has 0 unspecified atom stereocenters. The maximum atomic E-state index is 13.3. The average molecular weight is 403 g/mol. The van der Waals surface area contributed by atoms with Crippen LogP contribution in [-0.2, 0) is 20.7 Å². The summed E-state index contributed by atoms with van der Waals surface area (Å²) < 4.78 is 5.30. The lowest BCUT2D eigenvalue weighted by molar-refractivity contribution is -0.151. The van der Waals surface area contributed by atoms with Gasteiger partial charge in [-0.1, -0.05) is 19.9 Å². The van der Waals surface area contributed by atoms with Gasteiger partial charge in [0.2, 0.25) is 5.91 Å². The van der Waals surface area contributed by atoms with E-state index in [1.165, 1.54) is 4.90 Å². The summed E-state index contributed by atoms with van der Waals surface area (Å²) in [5.74, 6) is -1.32. The second-order valence-electron chi connectivity index (χ2n) is 9.49. The second-order valence-corrected chi connectivity index (χ2v) is 9.49. The molecule has 1 saturated heterocycles. The molecule has 2 amide bonds. The van der Waals surface area contributed by atoms with E-state index in [9.17, 15) is 19.5 Å². The smallest absolute Gasteiger partial charge is 0.408 e. The summed E-state index contributed by atoms with van der Waals surface area (Å²) in [6.07, 6.45) is 2.73. The topological polar surface area (TPSA) is 109 Å². The van der Waals surface area contributed by atoms with E-state index in [1.807, 2.05) is 19.9 Å². The normalized spacial score (nSPS) is 25.7. The van der Waals surface area contributed by atoms with Gasteiger partial charge in [0.05, 0.1) is 0 Å². The molecule has 1 aliphatic carbocycles. The van der Waals surface area contributed by atoms with Gasteiger partial charge in [-0.3, -0.25) is 9.78 Å². The van der Waals surface area contributed by atoms with Crippen LogP contribution in [0.2, 0.25) is 0 Å². The van der Waals surface area contributed by atoms with Crippen molar-refractivity contribution in [1.29, 1.82) is 0 Å². The lowest BCUT2D eigenvalue weighted by Crippen LogP contribution is -2.55. The van der Waals surface area contributed by atoms with Crippen LogP contribution in [0.5, 0.6) is 0 Å². The summed E-state index contributed by atoms with van der Waals surface area (Å²) in [5, 5.41) is 12.4. The first-order chi connectivity index (χ1) is 13.4. The average Bonchev–Trinajstić information content (AvgIpc) is 2.95. The van der Waals surface area contributed by atoms with E-state index >= 15 is 0 Å². The SMILES string of the molecule is CC(C)(C)OC(=O)N[C@@H](Cc1cccnc1)C(=O)N1C[C@H]2[C@@H]([C@H]1C(=O)O)C2(C)C. The van der Waals surface area contributed by atoms with Crippen molar-refractivity contribution in [2.45, 2.75) is 58.7 Å². The van der Waals surface area contributed by atoms with Crippen LogP contribution in [0.4, 0.5) is 4.79 Å². The maximum Gasteiger partial charge on any atom is 0.408 e. The summed E-state index contributed by atoms with van der Waals surface area (Å²) in [6, 6.07) is 1.75. The van der Waals surface area contributed by atoms with Gasteiger partial charge in [0.15, 0.2) is 0 Å². The van der Waals surface area contributed by atoms with E-state index in [-0.39, 0.29) is 23.7 Å². The van der Waals surface area contributed by atoms with Gasteiger partial charge in [-0.05, 0) is 43.7 Å². The fourth-order valence-electron chi connectivity index (χ4n) is 4.40. The maximum absolute atomic E-state index is 13.3. The second kappa shape index (κ2) is 7.31. The third-order valence-electron chi connectivity index (χ3n) is 5.90. The summed E-state index contributed by atoms with van der Waals surface area (Å²) in [7, 11) is 0. The number of hydrogen-bond donors (Lipinski definition) is 2. The lowest BCUT2D eigenvalue weighted by Gasteiger charge is -2.32. The van der Waals surface area contributed by atoms with Gasteiger partial charge in [-0.2, -0.15) is 0 Å². The Morgan fingerprint density at radius 3 is 2.62 bits per heavy atom. The van der Waals surface area contributed by atoms with Gasteiger partial charge in [0.1, 0.15) is 17.7 Å². The molecule has 2 N–H and O–H groups in total. The molecule has 4 atom stereocenters. The molecule has 1 aromatic rings. The summed E-state index contributed by atoms with van der Waals surface area (Å²) in [5.41, 5.74) is -0.0370. The minimum atomic E-state index is -1.01. The number of carboxylic acids is 1. The highest BCUT2D eigenvalue weighted by Crippen LogP contribution is 2.64. The Hall–Kier alpha value is -2.64. The number of carbonyl (C=O) groups excluding carboxylic acids is 2. The number of piperidine rings is 1. The molecule has 0 aromatic carbocycles. The molecule has 1 saturated carbocycles. The van der Waals surface area contributed by atoms with Crippen LogP contribution in [0.3, 0.4) is 0 Å². The number of pyridine rings is 1. The molecule has 29 heavy (non-hydrogen) atoms. The van der Waals surface area contributed by atoms with Crippen molar-refractivity contribution in [3.05, 3.63) is 30.1 Å². The Labute approximate surface area is 170 Å². The molecule has 0 spiro atoms. The van der Waals surface area contributed by atoms with Crippen LogP contribution in [0.15, 0.2) is 24.5 Å². The summed E-state index contributed by atoms with van der Waals surface area (Å²) in [6.45, 7) is 9.66. The van der Waals surface area contributed by atoms with Crippen LogP contribution in [0.1, 0.15) is 40.2 Å². The van der Waals surface area contributed by atoms with Gasteiger partial charge in [-0.15, -0.1) is 0 Å². The molecular formula is C21H29N3O5. The zero-order valence-corrected chi connectivity index (χ0v) is 17.5. The van der Waals surface area contributed by atoms with Crippen LogP contribution < -0.4 is 5.32 Å². The number of likely N-dealkylation sites (tertiary alicyclic amines) is 1. The predicted octanol–water partition coefficient (Wildman–Crippen LogP) is 2.08. The van der Waals surface area contributed by atoms with Crippen LogP contribution in [0.25, 0.3) is 0 Å². The van der Waals surface area contributed by atoms with Gasteiger partial charge in [0, 0.05) is 31.3 Å². The van der Waals surface area contributed by atoms with Crippen molar-refractivity contribution in [2.75, 3.05) is 6.54 Å². The fraction of sp³-hybridized carbons (Fsp3) is 0.619. The number of alkyl carbamates (subject to hydrolysis) is 1. The third-order valence-corrected chi connectivity index (χ3v) is 5.90. The Kier molecular flexibility index (Phi) is 5.32. The van der Waals surface area contributed by atoms with E-state index in [2.05, 4.69) is 10.3 Å². The Morgan fingerprint density at radius 1 is 1.38 bits per heavy atom. The van der Waals surface area contributed by atoms with Crippen molar-refractivity contribution in [2.24, 2.45) is 17.3 Å². The number of hydrogen-bond acceptors (Lipinski definition) is 5. The molecule has 0 radical (unpaired) electrons. The van der Waals surface area contributed by atoms with Gasteiger partial charge in [0.25, 0.3) is 0 Å². The van der Waals surface area contributed by atoms with Crippen molar-refractivity contribution in [3.8, 4) is 0 Å². The van der Waals surface area contributed by atoms with Crippen LogP contribution in [-0.4, -0.2) is 57.2 Å². The lowest BCUT2D eigenvalue weighted by atomic mass is 9.99. The van der Waals surface area contributed by atoms with Crippen LogP contribution >= 0.6 is 0 Å². The highest BCUT2D eigenvalue weighted by molar-refractivity contribution is 5.91. The van der Waals surface area contributed by atoms with E-state index < -0.39 is 35.7 Å². The van der Waals surface area contributed by atoms with E-state index in [0.29, 0.717) is 6.54 Å². The standard InChI is InChI=1S/C21H29N3O5/c1-20(2,3)29-19(28)23-14(9-12-7-6-8-22-10-12)17(25)24-11-13-15(21(13,4)5)16(24)18(26)27/h6-8,10,13-16H,9,11H2,1-5H3,(H,23,28)(H,26,27)/t13-,14-,15-,16-/m0/s1. The van der Waals surface area contributed by atoms with E-state index in [0.717, 1.165) is 5.56 Å². The first kappa shape index (κ1) is 21.1. The minimum absolute atomic E-state index is 0.0653. The summed E-state index contributed by atoms with van der Waals surface area (Å²) >= 11 is 0. The zero-order chi connectivity index (χ0) is 21.6. The van der Waals surface area contributed by atoms with Gasteiger partial charge in [-0.25, -0.2) is 9.59 Å². The molecule has 2 heterocycles. The van der Waals surface area contributed by atoms with E-state index in [1.54, 1.807) is 39.2 Å². The number of carboxylic acid groups (broad SMARTS) is 1. The van der Waals surface area contributed by atoms with Crippen molar-refractivity contribution >= 4 is 18.0 Å². The summed E-state index contributed by atoms with van der Waals surface area (Å²) in [4.78, 5) is 43.0. The Bertz CT molecular complexity index is 802. The molecule has 158 valence electrons. The first-order valence-electron chi connectivity index (χ1n) is 9.83. The molecule has 2 aliphatic rings. The molecule has 1 aromatic heterocycles. The van der Waals surface area contributed by atoms with Crippen LogP contribution in [0, 0.1) is 17.3 Å². The number of nitrogens with zero attached hydrogens (tertiary/aromatic N) is 2. The monoisotopic (exact) mass is 403 g/mol. The highest BCUT2D eigenvalue weighted by atomic mass is 16.6. The molecule has 0 bridgehead atoms. The number of fused-ring (bicyclic) bond motifs is 1. The first-order valence-corrected chi connectivity index (χ1v) is 9.83. The minimum Gasteiger partial charge on any atom is -0.480 e. The van der Waals surface area contributed by atoms with Gasteiger partial charge >= 0.3 is 12.1 Å². The zero-order valence-electron chi connectivity index (χ0n) is 17.5. The largest absolute Gasteiger partial charge is 0.480 e. The molecular weight excluding hydrogens is 374 g/mol. The Balaban J connectivity index is 1.80. The molecule has 8 heteroatoms. The van der Waals surface area contributed by atoms with Crippen molar-refractivity contribution in [3.63, 3.8) is 0 Å². The number of aromatic nitrogens is 1. The fourth-order valence-corrected chi connectivity index (χ4v) is 4.40. The van der Waals surface area contributed by atoms with Crippen molar-refractivity contribution < 1.29 is 24.2 Å². The van der Waals surface area contributed by atoms with E-state index in [4.69, 9.17) is 4.74 Å². The van der Waals surface area contributed by atoms with Gasteiger partial charge < -0.3 is 20.1 Å². The quantitative estimate of drug-likeness (QED) is 0.779. The number of ether oxygens (including phenoxy) is 1. The highest BCUT2D eigenvalue weighted by Gasteiger charge is 2.69. The molecule has 8 nitrogen and oxygen atoms in total.